The molecule has 0 unspecified atom stereocenters. The summed E-state index contributed by atoms with van der Waals surface area (Å²) in [6.45, 7) is 4.54. The summed E-state index contributed by atoms with van der Waals surface area (Å²) in [5.74, 6) is 1.85. The van der Waals surface area contributed by atoms with Crippen LogP contribution in [0.2, 0.25) is 0 Å². The van der Waals surface area contributed by atoms with Gasteiger partial charge in [0.25, 0.3) is 0 Å². The van der Waals surface area contributed by atoms with Gasteiger partial charge >= 0.3 is 0 Å². The first-order chi connectivity index (χ1) is 8.50. The van der Waals surface area contributed by atoms with Crippen LogP contribution in [-0.4, -0.2) is 20.8 Å². The highest BCUT2D eigenvalue weighted by Crippen LogP contribution is 2.35. The van der Waals surface area contributed by atoms with E-state index in [9.17, 15) is 4.79 Å². The predicted molar refractivity (Wildman–Crippen MR) is 73.3 cm³/mol. The minimum atomic E-state index is 0.147. The van der Waals surface area contributed by atoms with E-state index in [0.717, 1.165) is 37.5 Å². The second-order valence-electron chi connectivity index (χ2n) is 5.57. The molecule has 1 aromatic rings. The third-order valence-electron chi connectivity index (χ3n) is 4.10. The Bertz CT molecular complexity index is 414. The summed E-state index contributed by atoms with van der Waals surface area (Å²) in [6.07, 6.45) is 4.33. The van der Waals surface area contributed by atoms with Crippen molar-refractivity contribution in [3.63, 3.8) is 0 Å². The zero-order valence-electron chi connectivity index (χ0n) is 11.2. The van der Waals surface area contributed by atoms with Gasteiger partial charge in [-0.25, -0.2) is 4.68 Å². The number of hydrogen-bond donors (Lipinski definition) is 0. The molecule has 1 aliphatic rings. The Kier molecular flexibility index (Phi) is 4.20. The highest BCUT2D eigenvalue weighted by Gasteiger charge is 2.31. The summed E-state index contributed by atoms with van der Waals surface area (Å²) in [5, 5.41) is 7.76. The van der Waals surface area contributed by atoms with Crippen LogP contribution in [0, 0.1) is 17.8 Å². The second-order valence-corrected chi connectivity index (χ2v) is 6.32. The first-order valence-electron chi connectivity index (χ1n) is 6.60. The summed E-state index contributed by atoms with van der Waals surface area (Å²) in [6, 6.07) is 0. The second kappa shape index (κ2) is 5.51. The van der Waals surface area contributed by atoms with Gasteiger partial charge in [0.1, 0.15) is 5.69 Å². The van der Waals surface area contributed by atoms with Crippen LogP contribution in [0.4, 0.5) is 0 Å². The molecule has 4 nitrogen and oxygen atoms in total. The van der Waals surface area contributed by atoms with Crippen molar-refractivity contribution in [2.45, 2.75) is 39.5 Å². The monoisotopic (exact) mass is 313 g/mol. The van der Waals surface area contributed by atoms with Gasteiger partial charge < -0.3 is 0 Å². The minimum Gasteiger partial charge on any atom is -0.292 e. The maximum Gasteiger partial charge on any atom is 0.186 e. The maximum absolute atomic E-state index is 12.4. The van der Waals surface area contributed by atoms with Crippen molar-refractivity contribution in [2.24, 2.45) is 24.8 Å². The van der Waals surface area contributed by atoms with E-state index >= 15 is 0 Å². The van der Waals surface area contributed by atoms with Gasteiger partial charge in [-0.1, -0.05) is 19.1 Å². The maximum atomic E-state index is 12.4. The van der Waals surface area contributed by atoms with Crippen LogP contribution in [0.15, 0.2) is 4.60 Å². The van der Waals surface area contributed by atoms with Crippen LogP contribution >= 0.6 is 15.9 Å². The van der Waals surface area contributed by atoms with Crippen molar-refractivity contribution in [1.29, 1.82) is 0 Å². The van der Waals surface area contributed by atoms with E-state index in [0.29, 0.717) is 10.3 Å². The summed E-state index contributed by atoms with van der Waals surface area (Å²) >= 11 is 3.30. The molecular formula is C13H20BrN3O. The molecule has 5 heteroatoms. The van der Waals surface area contributed by atoms with Crippen molar-refractivity contribution in [2.75, 3.05) is 0 Å². The lowest BCUT2D eigenvalue weighted by Gasteiger charge is -2.29. The van der Waals surface area contributed by atoms with Crippen LogP contribution in [0.1, 0.15) is 50.0 Å². The van der Waals surface area contributed by atoms with Crippen LogP contribution in [0.3, 0.4) is 0 Å². The van der Waals surface area contributed by atoms with E-state index in [2.05, 4.69) is 40.1 Å². The molecule has 1 saturated carbocycles. The summed E-state index contributed by atoms with van der Waals surface area (Å²) < 4.78 is 2.14. The van der Waals surface area contributed by atoms with Gasteiger partial charge in [0.05, 0.1) is 0 Å². The van der Waals surface area contributed by atoms with Crippen molar-refractivity contribution in [3.05, 3.63) is 10.3 Å². The van der Waals surface area contributed by atoms with E-state index in [1.165, 1.54) is 0 Å². The van der Waals surface area contributed by atoms with Crippen LogP contribution in [0.25, 0.3) is 0 Å². The zero-order chi connectivity index (χ0) is 13.3. The Labute approximate surface area is 116 Å². The molecule has 1 heterocycles. The lowest BCUT2D eigenvalue weighted by Crippen LogP contribution is -2.25. The number of nitrogens with zero attached hydrogens (tertiary/aromatic N) is 3. The molecular weight excluding hydrogens is 294 g/mol. The van der Waals surface area contributed by atoms with E-state index in [1.807, 2.05) is 0 Å². The van der Waals surface area contributed by atoms with Gasteiger partial charge in [-0.15, -0.1) is 5.10 Å². The molecule has 0 spiro atoms. The third kappa shape index (κ3) is 2.66. The predicted octanol–water partition coefficient (Wildman–Crippen LogP) is 3.22. The van der Waals surface area contributed by atoms with Gasteiger partial charge in [0.2, 0.25) is 0 Å². The lowest BCUT2D eigenvalue weighted by atomic mass is 9.75. The number of carbonyl (C=O) groups excluding carboxylic acids is 1. The van der Waals surface area contributed by atoms with Crippen molar-refractivity contribution in [1.82, 2.24) is 15.0 Å². The standard InChI is InChI=1S/C13H20BrN3O/c1-8(2)9-4-6-10(7-5-9)12(18)11-13(14)15-16-17(11)3/h8-10H,4-7H2,1-3H3. The molecule has 0 aromatic carbocycles. The van der Waals surface area contributed by atoms with Crippen molar-refractivity contribution < 1.29 is 4.79 Å². The molecule has 0 aliphatic heterocycles. The fourth-order valence-corrected chi connectivity index (χ4v) is 3.36. The zero-order valence-corrected chi connectivity index (χ0v) is 12.8. The number of ketones is 1. The molecule has 1 aliphatic carbocycles. The molecule has 0 saturated heterocycles. The number of carbonyl (C=O) groups is 1. The van der Waals surface area contributed by atoms with Gasteiger partial charge in [-0.3, -0.25) is 4.79 Å². The Morgan fingerprint density at radius 2 is 1.94 bits per heavy atom. The number of halogens is 1. The fourth-order valence-electron chi connectivity index (χ4n) is 2.83. The Hall–Kier alpha value is -0.710. The topological polar surface area (TPSA) is 47.8 Å². The fraction of sp³-hybridized carbons (Fsp3) is 0.769. The van der Waals surface area contributed by atoms with Crippen molar-refractivity contribution in [3.8, 4) is 0 Å². The molecule has 0 bridgehead atoms. The minimum absolute atomic E-state index is 0.147. The Morgan fingerprint density at radius 3 is 2.39 bits per heavy atom. The van der Waals surface area contributed by atoms with E-state index in [-0.39, 0.29) is 11.7 Å². The highest BCUT2D eigenvalue weighted by molar-refractivity contribution is 9.10. The number of aryl methyl sites for hydroxylation is 1. The SMILES string of the molecule is CC(C)C1CCC(C(=O)c2c(Br)nnn2C)CC1. The Balaban J connectivity index is 2.04. The summed E-state index contributed by atoms with van der Waals surface area (Å²) in [5.41, 5.74) is 0.614. The number of Topliss-reactive ketones (excluding diaryl/α,β-unsaturated/α-hetero) is 1. The molecule has 0 N–H and O–H groups in total. The number of rotatable bonds is 3. The largest absolute Gasteiger partial charge is 0.292 e. The van der Waals surface area contributed by atoms with Crippen LogP contribution < -0.4 is 0 Å². The number of aromatic nitrogens is 3. The average Bonchev–Trinajstić information content (AvgIpc) is 2.68. The first kappa shape index (κ1) is 13.7. The van der Waals surface area contributed by atoms with E-state index < -0.39 is 0 Å². The molecule has 0 amide bonds. The van der Waals surface area contributed by atoms with Gasteiger partial charge in [0, 0.05) is 13.0 Å². The molecule has 0 atom stereocenters. The molecule has 1 aromatic heterocycles. The molecule has 2 rings (SSSR count). The third-order valence-corrected chi connectivity index (χ3v) is 4.64. The Morgan fingerprint density at radius 1 is 1.33 bits per heavy atom. The van der Waals surface area contributed by atoms with E-state index in [4.69, 9.17) is 0 Å². The first-order valence-corrected chi connectivity index (χ1v) is 7.39. The van der Waals surface area contributed by atoms with Gasteiger partial charge in [0.15, 0.2) is 10.4 Å². The van der Waals surface area contributed by atoms with Crippen LogP contribution in [0.5, 0.6) is 0 Å². The molecule has 1 fully saturated rings. The highest BCUT2D eigenvalue weighted by atomic mass is 79.9. The number of hydrogen-bond acceptors (Lipinski definition) is 3. The molecule has 100 valence electrons. The molecule has 0 radical (unpaired) electrons. The average molecular weight is 314 g/mol. The van der Waals surface area contributed by atoms with Gasteiger partial charge in [-0.05, 0) is 53.4 Å². The van der Waals surface area contributed by atoms with Gasteiger partial charge in [-0.2, -0.15) is 0 Å². The van der Waals surface area contributed by atoms with E-state index in [1.54, 1.807) is 11.7 Å². The normalized spacial score (nSPS) is 24.5. The lowest BCUT2D eigenvalue weighted by molar-refractivity contribution is 0.0848. The smallest absolute Gasteiger partial charge is 0.186 e. The molecule has 18 heavy (non-hydrogen) atoms. The summed E-state index contributed by atoms with van der Waals surface area (Å²) in [7, 11) is 1.77. The quantitative estimate of drug-likeness (QED) is 0.805. The summed E-state index contributed by atoms with van der Waals surface area (Å²) in [4.78, 5) is 12.4. The van der Waals surface area contributed by atoms with Crippen LogP contribution in [-0.2, 0) is 7.05 Å². The van der Waals surface area contributed by atoms with Crippen molar-refractivity contribution >= 4 is 21.7 Å².